The maximum absolute atomic E-state index is 9.63. The van der Waals surface area contributed by atoms with Crippen LogP contribution in [-0.4, -0.2) is 16.7 Å². The first kappa shape index (κ1) is 10.2. The number of aryl methyl sites for hydroxylation is 1. The Hall–Kier alpha value is 0.246. The Labute approximate surface area is 101 Å². The summed E-state index contributed by atoms with van der Waals surface area (Å²) in [5.41, 5.74) is 0. The summed E-state index contributed by atoms with van der Waals surface area (Å²) >= 11 is 0. The molecule has 0 amide bonds. The third-order valence-electron chi connectivity index (χ3n) is 0.656. The molecule has 1 aromatic heterocycles. The molecule has 0 N–H and O–H groups in total. The van der Waals surface area contributed by atoms with E-state index in [1.54, 1.807) is 6.92 Å². The largest absolute Gasteiger partial charge is 1.00 e. The zero-order chi connectivity index (χ0) is 6.69. The van der Waals surface area contributed by atoms with E-state index in [-0.39, 0.29) is 65.4 Å². The average Bonchev–Trinajstić information content (AvgIpc) is 2.17. The first-order valence-corrected chi connectivity index (χ1v) is 2.23. The third-order valence-corrected chi connectivity index (χ3v) is 0.656. The van der Waals surface area contributed by atoms with E-state index < -0.39 is 0 Å². The van der Waals surface area contributed by atoms with Gasteiger partial charge in [-0.05, 0) is 0 Å². The third kappa shape index (κ3) is 2.89. The van der Waals surface area contributed by atoms with Crippen LogP contribution in [0.4, 0.5) is 0 Å². The van der Waals surface area contributed by atoms with Gasteiger partial charge in [0.2, 0.25) is 5.89 Å². The SMILES string of the molecule is Cc1nnc(OC=O)o1.[H-].[K+]. The van der Waals surface area contributed by atoms with Gasteiger partial charge in [0.1, 0.15) is 0 Å². The molecule has 0 aromatic carbocycles. The fraction of sp³-hybridized carbons (Fsp3) is 0.250. The number of hydrogen-bond acceptors (Lipinski definition) is 5. The van der Waals surface area contributed by atoms with Crippen molar-refractivity contribution in [3.8, 4) is 6.08 Å². The van der Waals surface area contributed by atoms with E-state index >= 15 is 0 Å². The van der Waals surface area contributed by atoms with Crippen LogP contribution in [0.2, 0.25) is 0 Å². The maximum atomic E-state index is 9.63. The molecule has 0 aliphatic carbocycles. The van der Waals surface area contributed by atoms with Crippen molar-refractivity contribution in [1.29, 1.82) is 0 Å². The van der Waals surface area contributed by atoms with Crippen LogP contribution in [0.1, 0.15) is 7.32 Å². The van der Waals surface area contributed by atoms with Crippen molar-refractivity contribution in [3.05, 3.63) is 5.89 Å². The molecule has 1 rings (SSSR count). The van der Waals surface area contributed by atoms with Crippen LogP contribution < -0.4 is 56.1 Å². The van der Waals surface area contributed by atoms with E-state index in [2.05, 4.69) is 19.4 Å². The molecule has 6 heteroatoms. The van der Waals surface area contributed by atoms with Gasteiger partial charge in [0, 0.05) is 6.92 Å². The van der Waals surface area contributed by atoms with E-state index in [4.69, 9.17) is 0 Å². The van der Waals surface area contributed by atoms with Gasteiger partial charge in [0.15, 0.2) is 0 Å². The summed E-state index contributed by atoms with van der Waals surface area (Å²) in [6, 6.07) is 0. The van der Waals surface area contributed by atoms with Crippen molar-refractivity contribution in [1.82, 2.24) is 10.2 Å². The predicted octanol–water partition coefficient (Wildman–Crippen LogP) is -2.97. The van der Waals surface area contributed by atoms with Crippen molar-refractivity contribution in [2.75, 3.05) is 0 Å². The quantitative estimate of drug-likeness (QED) is 0.348. The number of aromatic nitrogens is 2. The number of nitrogens with zero attached hydrogens (tertiary/aromatic N) is 2. The van der Waals surface area contributed by atoms with Crippen LogP contribution in [0.3, 0.4) is 0 Å². The van der Waals surface area contributed by atoms with E-state index in [0.717, 1.165) is 0 Å². The Morgan fingerprint density at radius 2 is 2.40 bits per heavy atom. The summed E-state index contributed by atoms with van der Waals surface area (Å²) in [6.07, 6.45) is -0.123. The van der Waals surface area contributed by atoms with Crippen LogP contribution in [0.15, 0.2) is 4.42 Å². The van der Waals surface area contributed by atoms with Gasteiger partial charge >= 0.3 is 63.9 Å². The number of rotatable bonds is 2. The molecule has 0 saturated carbocycles. The summed E-state index contributed by atoms with van der Waals surface area (Å²) in [4.78, 5) is 9.63. The standard InChI is InChI=1S/C4H4N2O3.K.H/c1-3-5-6-4(9-3)8-2-7;;/h2H,1H3;;/q;+1;-1. The minimum Gasteiger partial charge on any atom is -1.00 e. The van der Waals surface area contributed by atoms with Gasteiger partial charge in [-0.25, -0.2) is 0 Å². The molecule has 10 heavy (non-hydrogen) atoms. The van der Waals surface area contributed by atoms with Crippen molar-refractivity contribution in [2.24, 2.45) is 0 Å². The Morgan fingerprint density at radius 1 is 1.70 bits per heavy atom. The van der Waals surface area contributed by atoms with Crippen molar-refractivity contribution >= 4 is 6.47 Å². The van der Waals surface area contributed by atoms with Gasteiger partial charge in [-0.3, -0.25) is 4.79 Å². The number of ether oxygens (including phenoxy) is 1. The van der Waals surface area contributed by atoms with Crippen molar-refractivity contribution in [2.45, 2.75) is 6.92 Å². The summed E-state index contributed by atoms with van der Waals surface area (Å²) in [7, 11) is 0. The molecule has 1 heterocycles. The molecular formula is C4H5KN2O3. The number of carbonyl (C=O) groups is 1. The maximum Gasteiger partial charge on any atom is 1.00 e. The van der Waals surface area contributed by atoms with E-state index in [1.165, 1.54) is 0 Å². The monoisotopic (exact) mass is 168 g/mol. The van der Waals surface area contributed by atoms with Gasteiger partial charge in [-0.2, -0.15) is 0 Å². The van der Waals surface area contributed by atoms with Gasteiger partial charge in [0.05, 0.1) is 0 Å². The zero-order valence-corrected chi connectivity index (χ0v) is 8.82. The van der Waals surface area contributed by atoms with Gasteiger partial charge in [0.25, 0.3) is 0 Å². The second-order valence-electron chi connectivity index (χ2n) is 1.30. The van der Waals surface area contributed by atoms with Gasteiger partial charge < -0.3 is 10.6 Å². The number of hydrogen-bond donors (Lipinski definition) is 0. The Balaban J connectivity index is 0. The molecule has 0 aliphatic heterocycles. The van der Waals surface area contributed by atoms with Crippen LogP contribution in [0, 0.1) is 6.92 Å². The van der Waals surface area contributed by atoms with E-state index in [9.17, 15) is 4.79 Å². The van der Waals surface area contributed by atoms with Crippen LogP contribution in [-0.2, 0) is 4.79 Å². The summed E-state index contributed by atoms with van der Waals surface area (Å²) in [5, 5.41) is 6.77. The first-order chi connectivity index (χ1) is 4.33. The van der Waals surface area contributed by atoms with E-state index in [0.29, 0.717) is 5.89 Å². The topological polar surface area (TPSA) is 65.2 Å². The predicted molar refractivity (Wildman–Crippen MR) is 26.8 cm³/mol. The second kappa shape index (κ2) is 4.97. The molecule has 0 saturated heterocycles. The molecule has 0 aliphatic rings. The first-order valence-electron chi connectivity index (χ1n) is 2.23. The molecule has 5 nitrogen and oxygen atoms in total. The fourth-order valence-electron chi connectivity index (χ4n) is 0.367. The molecular weight excluding hydrogens is 163 g/mol. The Bertz CT molecular complexity index is 217. The Morgan fingerprint density at radius 3 is 2.80 bits per heavy atom. The van der Waals surface area contributed by atoms with Crippen LogP contribution >= 0.6 is 0 Å². The molecule has 0 atom stereocenters. The minimum absolute atomic E-state index is 0. The molecule has 0 spiro atoms. The summed E-state index contributed by atoms with van der Waals surface area (Å²) in [5.74, 6) is 0.367. The second-order valence-corrected chi connectivity index (χ2v) is 1.30. The Kier molecular flexibility index (Phi) is 5.09. The zero-order valence-electron chi connectivity index (χ0n) is 6.70. The minimum atomic E-state index is -0.123. The average molecular weight is 168 g/mol. The summed E-state index contributed by atoms with van der Waals surface area (Å²) in [6.45, 7) is 1.83. The van der Waals surface area contributed by atoms with Crippen LogP contribution in [0.5, 0.6) is 6.08 Å². The van der Waals surface area contributed by atoms with Gasteiger partial charge in [-0.15, -0.1) is 5.10 Å². The van der Waals surface area contributed by atoms with E-state index in [1.807, 2.05) is 0 Å². The molecule has 0 bridgehead atoms. The van der Waals surface area contributed by atoms with Crippen molar-refractivity contribution < 1.29 is 66.8 Å². The fourth-order valence-corrected chi connectivity index (χ4v) is 0.367. The molecule has 0 radical (unpaired) electrons. The van der Waals surface area contributed by atoms with Gasteiger partial charge in [-0.1, -0.05) is 5.10 Å². The molecule has 1 aromatic rings. The van der Waals surface area contributed by atoms with Crippen molar-refractivity contribution in [3.63, 3.8) is 0 Å². The smallest absolute Gasteiger partial charge is 1.00 e. The summed E-state index contributed by atoms with van der Waals surface area (Å²) < 4.78 is 8.85. The van der Waals surface area contributed by atoms with Crippen LogP contribution in [0.25, 0.3) is 0 Å². The molecule has 50 valence electrons. The molecule has 0 fully saturated rings. The number of carbonyl (C=O) groups excluding carboxylic acids is 1. The molecule has 0 unspecified atom stereocenters. The normalized spacial score (nSPS) is 8.10.